The highest BCUT2D eigenvalue weighted by atomic mass is 79.9. The lowest BCUT2D eigenvalue weighted by Gasteiger charge is -2.16. The van der Waals surface area contributed by atoms with Crippen LogP contribution < -0.4 is 4.74 Å². The van der Waals surface area contributed by atoms with E-state index in [2.05, 4.69) is 25.7 Å². The Kier molecular flexibility index (Phi) is 5.05. The predicted octanol–water partition coefficient (Wildman–Crippen LogP) is 3.82. The maximum Gasteiger partial charge on any atom is 0.574 e. The largest absolute Gasteiger partial charge is 0.574 e. The summed E-state index contributed by atoms with van der Waals surface area (Å²) in [6.07, 6.45) is -10.6. The number of pyridine rings is 1. The van der Waals surface area contributed by atoms with E-state index in [1.54, 1.807) is 0 Å². The number of alkyl halides is 7. The van der Waals surface area contributed by atoms with Gasteiger partial charge >= 0.3 is 12.5 Å². The molecule has 0 unspecified atom stereocenters. The van der Waals surface area contributed by atoms with Crippen LogP contribution in [0.15, 0.2) is 11.0 Å². The van der Waals surface area contributed by atoms with Crippen molar-refractivity contribution in [2.75, 3.05) is 0 Å². The first-order chi connectivity index (χ1) is 9.25. The van der Waals surface area contributed by atoms with Gasteiger partial charge in [0.15, 0.2) is 5.69 Å². The van der Waals surface area contributed by atoms with Gasteiger partial charge in [0.1, 0.15) is 4.90 Å². The first-order valence-corrected chi connectivity index (χ1v) is 8.06. The van der Waals surface area contributed by atoms with Crippen LogP contribution in [0.2, 0.25) is 0 Å². The highest BCUT2D eigenvalue weighted by Gasteiger charge is 2.41. The fraction of sp³-hybridized carbons (Fsp3) is 0.375. The van der Waals surface area contributed by atoms with Gasteiger partial charge in [0.2, 0.25) is 5.88 Å². The number of hydrogen-bond acceptors (Lipinski definition) is 4. The maximum atomic E-state index is 12.7. The monoisotopic (exact) mass is 421 g/mol. The summed E-state index contributed by atoms with van der Waals surface area (Å²) in [5.41, 5.74) is -2.67. The van der Waals surface area contributed by atoms with Crippen LogP contribution in [-0.4, -0.2) is 19.8 Å². The van der Waals surface area contributed by atoms with Crippen molar-refractivity contribution >= 4 is 35.7 Å². The number of nitrogens with zero attached hydrogens (tertiary/aromatic N) is 1. The molecule has 0 aromatic carbocycles. The average molecular weight is 423 g/mol. The van der Waals surface area contributed by atoms with E-state index in [0.29, 0.717) is 6.07 Å². The summed E-state index contributed by atoms with van der Waals surface area (Å²) in [6.45, 7) is 0. The molecule has 1 aromatic rings. The molecule has 13 heteroatoms. The van der Waals surface area contributed by atoms with Crippen LogP contribution in [0.4, 0.5) is 26.3 Å². The molecule has 0 saturated heterocycles. The zero-order chi connectivity index (χ0) is 16.6. The smallest absolute Gasteiger partial charge is 0.388 e. The molecule has 1 heterocycles. The molecule has 120 valence electrons. The molecule has 0 amide bonds. The van der Waals surface area contributed by atoms with E-state index in [4.69, 9.17) is 10.7 Å². The molecule has 1 rings (SSSR count). The molecule has 1 aromatic heterocycles. The lowest BCUT2D eigenvalue weighted by Crippen LogP contribution is -2.21. The van der Waals surface area contributed by atoms with E-state index in [-0.39, 0.29) is 0 Å². The zero-order valence-electron chi connectivity index (χ0n) is 9.39. The summed E-state index contributed by atoms with van der Waals surface area (Å²) < 4.78 is 100. The third-order valence-corrected chi connectivity index (χ3v) is 3.85. The topological polar surface area (TPSA) is 56.3 Å². The summed E-state index contributed by atoms with van der Waals surface area (Å²) >= 11 is 2.69. The Bertz CT molecular complexity index is 645. The number of halogens is 8. The van der Waals surface area contributed by atoms with E-state index in [9.17, 15) is 34.8 Å². The lowest BCUT2D eigenvalue weighted by atomic mass is 10.2. The molecule has 0 aliphatic rings. The molecule has 0 atom stereocenters. The fourth-order valence-electron chi connectivity index (χ4n) is 1.20. The Morgan fingerprint density at radius 2 is 1.76 bits per heavy atom. The van der Waals surface area contributed by atoms with Crippen molar-refractivity contribution in [3.05, 3.63) is 17.3 Å². The molecule has 0 N–H and O–H groups in total. The second-order valence-corrected chi connectivity index (χ2v) is 6.51. The van der Waals surface area contributed by atoms with Gasteiger partial charge in [0, 0.05) is 21.6 Å². The third-order valence-electron chi connectivity index (χ3n) is 1.91. The van der Waals surface area contributed by atoms with Gasteiger partial charge < -0.3 is 4.74 Å². The number of ether oxygens (including phenoxy) is 1. The Morgan fingerprint density at radius 3 is 2.10 bits per heavy atom. The first kappa shape index (κ1) is 18.3. The molecule has 0 radical (unpaired) electrons. The summed E-state index contributed by atoms with van der Waals surface area (Å²) in [5, 5.41) is -0.442. The highest BCUT2D eigenvalue weighted by molar-refractivity contribution is 9.08. The van der Waals surface area contributed by atoms with E-state index in [1.807, 2.05) is 0 Å². The molecule has 21 heavy (non-hydrogen) atoms. The first-order valence-electron chi connectivity index (χ1n) is 4.63. The van der Waals surface area contributed by atoms with Crippen LogP contribution in [-0.2, 0) is 20.6 Å². The van der Waals surface area contributed by atoms with Crippen LogP contribution in [0.25, 0.3) is 0 Å². The van der Waals surface area contributed by atoms with Crippen molar-refractivity contribution in [3.8, 4) is 5.88 Å². The quantitative estimate of drug-likeness (QED) is 0.422. The van der Waals surface area contributed by atoms with Crippen LogP contribution in [0, 0.1) is 0 Å². The van der Waals surface area contributed by atoms with Gasteiger partial charge in [-0.25, -0.2) is 13.4 Å². The number of hydrogen-bond donors (Lipinski definition) is 0. The van der Waals surface area contributed by atoms with Gasteiger partial charge in [-0.2, -0.15) is 13.2 Å². The second kappa shape index (κ2) is 5.80. The van der Waals surface area contributed by atoms with Crippen LogP contribution in [0.1, 0.15) is 11.3 Å². The summed E-state index contributed by atoms with van der Waals surface area (Å²) in [7, 11) is -0.0396. The van der Waals surface area contributed by atoms with Gasteiger partial charge in [0.25, 0.3) is 9.05 Å². The van der Waals surface area contributed by atoms with Crippen molar-refractivity contribution in [3.63, 3.8) is 0 Å². The normalized spacial score (nSPS) is 13.3. The molecule has 0 saturated carbocycles. The summed E-state index contributed by atoms with van der Waals surface area (Å²) in [4.78, 5) is 1.15. The van der Waals surface area contributed by atoms with Crippen LogP contribution in [0.5, 0.6) is 5.88 Å². The summed E-state index contributed by atoms with van der Waals surface area (Å²) in [6, 6.07) is 0.313. The van der Waals surface area contributed by atoms with Gasteiger partial charge in [-0.15, -0.1) is 13.2 Å². The minimum absolute atomic E-state index is 0.313. The molecule has 0 aliphatic carbocycles. The van der Waals surface area contributed by atoms with Crippen molar-refractivity contribution < 1.29 is 39.5 Å². The third kappa shape index (κ3) is 4.88. The number of rotatable bonds is 3. The van der Waals surface area contributed by atoms with Crippen molar-refractivity contribution in [2.45, 2.75) is 22.8 Å². The Morgan fingerprint density at radius 1 is 1.24 bits per heavy atom. The zero-order valence-corrected chi connectivity index (χ0v) is 12.5. The molecule has 0 fully saturated rings. The highest BCUT2D eigenvalue weighted by Crippen LogP contribution is 2.38. The molecule has 0 aliphatic heterocycles. The minimum atomic E-state index is -5.34. The van der Waals surface area contributed by atoms with Gasteiger partial charge in [-0.3, -0.25) is 0 Å². The summed E-state index contributed by atoms with van der Waals surface area (Å²) in [5.74, 6) is -1.42. The molecular weight excluding hydrogens is 420 g/mol. The SMILES string of the molecule is O=S(=O)(Cl)c1cc(CBr)c(OC(F)(F)F)nc1C(F)(F)F. The molecule has 4 nitrogen and oxygen atoms in total. The van der Waals surface area contributed by atoms with Crippen molar-refractivity contribution in [1.82, 2.24) is 4.98 Å². The number of aromatic nitrogens is 1. The van der Waals surface area contributed by atoms with E-state index in [0.717, 1.165) is 0 Å². The van der Waals surface area contributed by atoms with Gasteiger partial charge in [-0.1, -0.05) is 15.9 Å². The fourth-order valence-corrected chi connectivity index (χ4v) is 2.63. The maximum absolute atomic E-state index is 12.7. The van der Waals surface area contributed by atoms with Crippen LogP contribution >= 0.6 is 26.6 Å². The second-order valence-electron chi connectivity index (χ2n) is 3.42. The van der Waals surface area contributed by atoms with E-state index >= 15 is 0 Å². The molecule has 0 bridgehead atoms. The standard InChI is InChI=1S/C8H3BrClF6NO3S/c9-2-3-1-4(21(10,18)19)5(7(11,12)13)17-6(3)20-8(14,15)16/h1H,2H2. The predicted molar refractivity (Wildman–Crippen MR) is 61.6 cm³/mol. The minimum Gasteiger partial charge on any atom is -0.388 e. The average Bonchev–Trinajstić information content (AvgIpc) is 2.23. The van der Waals surface area contributed by atoms with Gasteiger partial charge in [-0.05, 0) is 6.07 Å². The Balaban J connectivity index is 3.65. The van der Waals surface area contributed by atoms with Crippen LogP contribution in [0.3, 0.4) is 0 Å². The Labute approximate surface area is 126 Å². The van der Waals surface area contributed by atoms with Gasteiger partial charge in [0.05, 0.1) is 0 Å². The van der Waals surface area contributed by atoms with E-state index < -0.39 is 49.0 Å². The lowest BCUT2D eigenvalue weighted by molar-refractivity contribution is -0.276. The molecule has 0 spiro atoms. The Hall–Kier alpha value is -0.750. The van der Waals surface area contributed by atoms with Crippen molar-refractivity contribution in [1.29, 1.82) is 0 Å². The van der Waals surface area contributed by atoms with Crippen molar-refractivity contribution in [2.24, 2.45) is 0 Å². The molecular formula is C8H3BrClF6NO3S. The van der Waals surface area contributed by atoms with E-state index in [1.165, 1.54) is 0 Å².